The quantitative estimate of drug-likeness (QED) is 0.325. The Hall–Kier alpha value is -4.47. The van der Waals surface area contributed by atoms with Crippen molar-refractivity contribution in [1.29, 1.82) is 0 Å². The highest BCUT2D eigenvalue weighted by molar-refractivity contribution is 5.91. The van der Waals surface area contributed by atoms with Crippen LogP contribution in [0.3, 0.4) is 0 Å². The highest BCUT2D eigenvalue weighted by atomic mass is 16.4. The average Bonchev–Trinajstić information content (AvgIpc) is 3.63. The number of fused-ring (bicyclic) bond motifs is 1. The third-order valence-electron chi connectivity index (χ3n) is 9.75. The summed E-state index contributed by atoms with van der Waals surface area (Å²) in [5.74, 6) is 0.547. The fourth-order valence-electron chi connectivity index (χ4n) is 7.29. The van der Waals surface area contributed by atoms with Crippen LogP contribution in [0.4, 0.5) is 11.5 Å². The van der Waals surface area contributed by atoms with Gasteiger partial charge in [-0.05, 0) is 74.3 Å². The number of hydrogen-bond donors (Lipinski definition) is 1. The van der Waals surface area contributed by atoms with Crippen molar-refractivity contribution in [3.63, 3.8) is 0 Å². The van der Waals surface area contributed by atoms with Crippen LogP contribution in [0.25, 0.3) is 5.65 Å². The van der Waals surface area contributed by atoms with E-state index in [2.05, 4.69) is 61.3 Å². The lowest BCUT2D eigenvalue weighted by Crippen LogP contribution is -2.63. The molecule has 1 amide bonds. The Morgan fingerprint density at radius 1 is 1.05 bits per heavy atom. The number of benzene rings is 1. The van der Waals surface area contributed by atoms with Crippen LogP contribution in [0, 0.1) is 18.3 Å². The number of aromatic nitrogens is 4. The first-order valence-electron chi connectivity index (χ1n) is 15.2. The van der Waals surface area contributed by atoms with Gasteiger partial charge in [0.1, 0.15) is 5.82 Å². The smallest absolute Gasteiger partial charge is 0.354 e. The summed E-state index contributed by atoms with van der Waals surface area (Å²) in [6, 6.07) is 18.1. The van der Waals surface area contributed by atoms with E-state index in [1.54, 1.807) is 10.6 Å². The minimum absolute atomic E-state index is 0.0377. The Morgan fingerprint density at radius 3 is 2.58 bits per heavy atom. The van der Waals surface area contributed by atoms with Gasteiger partial charge in [0.2, 0.25) is 5.82 Å². The van der Waals surface area contributed by atoms with Gasteiger partial charge in [-0.2, -0.15) is 0 Å². The van der Waals surface area contributed by atoms with E-state index in [0.717, 1.165) is 37.3 Å². The summed E-state index contributed by atoms with van der Waals surface area (Å²) in [5, 5.41) is 13.9. The molecular formula is C33H37N7O3. The normalized spacial score (nSPS) is 20.7. The van der Waals surface area contributed by atoms with E-state index < -0.39 is 5.97 Å². The molecule has 43 heavy (non-hydrogen) atoms. The van der Waals surface area contributed by atoms with Gasteiger partial charge < -0.3 is 19.8 Å². The molecular weight excluding hydrogens is 542 g/mol. The van der Waals surface area contributed by atoms with Crippen molar-refractivity contribution in [1.82, 2.24) is 24.5 Å². The number of carbonyl (C=O) groups is 2. The molecule has 4 aromatic rings. The number of pyridine rings is 2. The number of rotatable bonds is 8. The minimum Gasteiger partial charge on any atom is -0.477 e. The van der Waals surface area contributed by atoms with Crippen molar-refractivity contribution in [2.24, 2.45) is 11.3 Å². The summed E-state index contributed by atoms with van der Waals surface area (Å²) >= 11 is 0. The number of amides is 1. The second kappa shape index (κ2) is 10.7. The van der Waals surface area contributed by atoms with Gasteiger partial charge in [0.15, 0.2) is 11.3 Å². The maximum atomic E-state index is 13.6. The molecule has 2 atom stereocenters. The van der Waals surface area contributed by atoms with Crippen LogP contribution >= 0.6 is 0 Å². The Morgan fingerprint density at radius 2 is 1.86 bits per heavy atom. The zero-order chi connectivity index (χ0) is 29.7. The standard InChI is InChI=1S/C33H37N7O3/c1-3-37(17-23-13-15-38(18-23)28-11-7-10-27(34-28)32(42)43)31(41)29-35-30-22(2)16-25(19-40(30)36-29)39-20-33(21-39)14-12-26(33)24-8-5-4-6-9-24/h4-11,16,19,23,26H,3,12-15,17-18,20-21H2,1-2H3,(H,42,43). The summed E-state index contributed by atoms with van der Waals surface area (Å²) in [7, 11) is 0. The van der Waals surface area contributed by atoms with Gasteiger partial charge in [-0.1, -0.05) is 36.4 Å². The van der Waals surface area contributed by atoms with Crippen LogP contribution in [-0.4, -0.2) is 80.7 Å². The van der Waals surface area contributed by atoms with E-state index in [1.165, 1.54) is 24.5 Å². The fourth-order valence-corrected chi connectivity index (χ4v) is 7.29. The van der Waals surface area contributed by atoms with Crippen LogP contribution in [0.15, 0.2) is 60.8 Å². The van der Waals surface area contributed by atoms with E-state index in [9.17, 15) is 14.7 Å². The average molecular weight is 580 g/mol. The first kappa shape index (κ1) is 27.4. The molecule has 10 nitrogen and oxygen atoms in total. The number of carboxylic acid groups (broad SMARTS) is 1. The lowest BCUT2D eigenvalue weighted by molar-refractivity contribution is 0.0520. The molecule has 0 bridgehead atoms. The summed E-state index contributed by atoms with van der Waals surface area (Å²) < 4.78 is 1.77. The van der Waals surface area contributed by atoms with Crippen molar-refractivity contribution < 1.29 is 14.7 Å². The molecule has 1 spiro atoms. The SMILES string of the molecule is CCN(CC1CCN(c2cccc(C(=O)O)n2)C1)C(=O)c1nc2c(C)cc(N3CC4(CCC4c4ccccc4)C3)cn2n1. The van der Waals surface area contributed by atoms with Crippen LogP contribution in [-0.2, 0) is 0 Å². The topological polar surface area (TPSA) is 107 Å². The molecule has 3 aromatic heterocycles. The Labute approximate surface area is 251 Å². The second-order valence-corrected chi connectivity index (χ2v) is 12.4. The lowest BCUT2D eigenvalue weighted by Gasteiger charge is -2.61. The third-order valence-corrected chi connectivity index (χ3v) is 9.75. The molecule has 222 valence electrons. The molecule has 3 aliphatic rings. The summed E-state index contributed by atoms with van der Waals surface area (Å²) in [4.78, 5) is 40.2. The number of nitrogens with zero attached hydrogens (tertiary/aromatic N) is 7. The Bertz CT molecular complexity index is 1680. The zero-order valence-corrected chi connectivity index (χ0v) is 24.7. The highest BCUT2D eigenvalue weighted by Gasteiger charge is 2.55. The van der Waals surface area contributed by atoms with Crippen molar-refractivity contribution in [3.8, 4) is 0 Å². The zero-order valence-electron chi connectivity index (χ0n) is 24.7. The van der Waals surface area contributed by atoms with Gasteiger partial charge in [-0.15, -0.1) is 5.10 Å². The Balaban J connectivity index is 1.02. The third kappa shape index (κ3) is 4.88. The van der Waals surface area contributed by atoms with Crippen LogP contribution in [0.1, 0.15) is 64.3 Å². The molecule has 1 saturated carbocycles. The first-order valence-corrected chi connectivity index (χ1v) is 15.2. The molecule has 0 radical (unpaired) electrons. The van der Waals surface area contributed by atoms with Crippen LogP contribution in [0.5, 0.6) is 0 Å². The van der Waals surface area contributed by atoms with Crippen LogP contribution in [0.2, 0.25) is 0 Å². The Kier molecular flexibility index (Phi) is 6.79. The van der Waals surface area contributed by atoms with Crippen LogP contribution < -0.4 is 9.80 Å². The predicted molar refractivity (Wildman–Crippen MR) is 164 cm³/mol. The molecule has 2 unspecified atom stereocenters. The summed E-state index contributed by atoms with van der Waals surface area (Å²) in [6.45, 7) is 8.71. The van der Waals surface area contributed by atoms with Crippen molar-refractivity contribution in [3.05, 3.63) is 83.4 Å². The van der Waals surface area contributed by atoms with Gasteiger partial charge in [0.05, 0.1) is 11.9 Å². The largest absolute Gasteiger partial charge is 0.477 e. The summed E-state index contributed by atoms with van der Waals surface area (Å²) in [6.07, 6.45) is 5.43. The van der Waals surface area contributed by atoms with Gasteiger partial charge in [-0.3, -0.25) is 4.79 Å². The maximum Gasteiger partial charge on any atom is 0.354 e. The first-order chi connectivity index (χ1) is 20.8. The van der Waals surface area contributed by atoms with Gasteiger partial charge in [-0.25, -0.2) is 19.3 Å². The molecule has 2 aliphatic heterocycles. The summed E-state index contributed by atoms with van der Waals surface area (Å²) in [5.41, 5.74) is 4.69. The van der Waals surface area contributed by atoms with Crippen molar-refractivity contribution >= 4 is 29.0 Å². The number of aromatic carboxylic acids is 1. The minimum atomic E-state index is -1.04. The van der Waals surface area contributed by atoms with E-state index in [-0.39, 0.29) is 23.3 Å². The van der Waals surface area contributed by atoms with E-state index in [4.69, 9.17) is 0 Å². The molecule has 1 aliphatic carbocycles. The van der Waals surface area contributed by atoms with E-state index in [0.29, 0.717) is 42.4 Å². The van der Waals surface area contributed by atoms with E-state index >= 15 is 0 Å². The second-order valence-electron chi connectivity index (χ2n) is 12.4. The maximum absolute atomic E-state index is 13.6. The number of hydrogen-bond acceptors (Lipinski definition) is 7. The highest BCUT2D eigenvalue weighted by Crippen LogP contribution is 2.58. The monoisotopic (exact) mass is 579 g/mol. The fraction of sp³-hybridized carbons (Fsp3) is 0.424. The lowest BCUT2D eigenvalue weighted by atomic mass is 9.53. The molecule has 10 heteroatoms. The van der Waals surface area contributed by atoms with Gasteiger partial charge in [0.25, 0.3) is 5.91 Å². The molecule has 7 rings (SSSR count). The molecule has 2 saturated heterocycles. The molecule has 1 aromatic carbocycles. The molecule has 1 N–H and O–H groups in total. The van der Waals surface area contributed by atoms with Crippen molar-refractivity contribution in [2.45, 2.75) is 39.0 Å². The van der Waals surface area contributed by atoms with Gasteiger partial charge in [0, 0.05) is 44.7 Å². The van der Waals surface area contributed by atoms with E-state index in [1.807, 2.05) is 31.0 Å². The number of anilines is 2. The van der Waals surface area contributed by atoms with Crippen molar-refractivity contribution in [2.75, 3.05) is 49.1 Å². The molecule has 5 heterocycles. The number of aryl methyl sites for hydroxylation is 1. The number of carboxylic acids is 1. The number of carbonyl (C=O) groups excluding carboxylic acids is 1. The predicted octanol–water partition coefficient (Wildman–Crippen LogP) is 4.50. The molecule has 3 fully saturated rings. The van der Waals surface area contributed by atoms with Gasteiger partial charge >= 0.3 is 5.97 Å².